The Morgan fingerprint density at radius 2 is 1.07 bits per heavy atom. The smallest absolute Gasteiger partial charge is 0.508 e. The number of hydrogen-bond donors (Lipinski definition) is 3. The van der Waals surface area contributed by atoms with Crippen molar-refractivity contribution in [3.05, 3.63) is 82.9 Å². The molecule has 29 heavy (non-hydrogen) atoms. The zero-order chi connectivity index (χ0) is 21.6. The van der Waals surface area contributed by atoms with E-state index in [9.17, 15) is 9.46 Å². The van der Waals surface area contributed by atoms with Gasteiger partial charge in [0.15, 0.2) is 0 Å². The minimum atomic E-state index is -4.23. The summed E-state index contributed by atoms with van der Waals surface area (Å²) >= 11 is 0. The first-order valence-electron chi connectivity index (χ1n) is 8.91. The summed E-state index contributed by atoms with van der Waals surface area (Å²) < 4.78 is 22.6. The van der Waals surface area contributed by atoms with E-state index in [1.54, 1.807) is 30.3 Å². The highest BCUT2D eigenvalue weighted by Gasteiger charge is 2.27. The quantitative estimate of drug-likeness (QED) is 0.481. The second-order valence-corrected chi connectivity index (χ2v) is 7.87. The van der Waals surface area contributed by atoms with Gasteiger partial charge in [0.05, 0.1) is 0 Å². The Labute approximate surface area is 170 Å². The Kier molecular flexibility index (Phi) is 7.32. The van der Waals surface area contributed by atoms with Crippen LogP contribution in [-0.4, -0.2) is 15.1 Å². The van der Waals surface area contributed by atoms with Crippen LogP contribution in [-0.2, 0) is 4.57 Å². The van der Waals surface area contributed by atoms with Crippen LogP contribution in [0.15, 0.2) is 60.7 Å². The predicted octanol–water partition coefficient (Wildman–Crippen LogP) is 5.58. The maximum absolute atomic E-state index is 12.2. The van der Waals surface area contributed by atoms with Gasteiger partial charge in [-0.3, -0.25) is 4.89 Å². The Bertz CT molecular complexity index is 957. The molecule has 6 nitrogen and oxygen atoms in total. The molecule has 3 aromatic carbocycles. The lowest BCUT2D eigenvalue weighted by Gasteiger charge is -2.17. The van der Waals surface area contributed by atoms with Crippen LogP contribution >= 0.6 is 7.82 Å². The molecule has 0 aromatic heterocycles. The van der Waals surface area contributed by atoms with Crippen LogP contribution in [0.5, 0.6) is 23.0 Å². The van der Waals surface area contributed by atoms with Gasteiger partial charge < -0.3 is 19.3 Å². The summed E-state index contributed by atoms with van der Waals surface area (Å²) in [6.45, 7) is 7.50. The molecule has 0 aliphatic carbocycles. The van der Waals surface area contributed by atoms with Gasteiger partial charge in [0.25, 0.3) is 0 Å². The molecule has 0 saturated carbocycles. The van der Waals surface area contributed by atoms with Gasteiger partial charge in [-0.25, -0.2) is 4.57 Å². The topological polar surface area (TPSA) is 96.2 Å². The first-order valence-corrected chi connectivity index (χ1v) is 10.4. The fourth-order valence-electron chi connectivity index (χ4n) is 2.41. The summed E-state index contributed by atoms with van der Waals surface area (Å²) in [6.07, 6.45) is 0. The second kappa shape index (κ2) is 9.50. The largest absolute Gasteiger partial charge is 0.584 e. The van der Waals surface area contributed by atoms with E-state index in [-0.39, 0.29) is 11.5 Å². The van der Waals surface area contributed by atoms with Crippen LogP contribution in [0.2, 0.25) is 0 Å². The summed E-state index contributed by atoms with van der Waals surface area (Å²) in [6, 6.07) is 16.5. The van der Waals surface area contributed by atoms with Crippen molar-refractivity contribution in [2.75, 3.05) is 0 Å². The summed E-state index contributed by atoms with van der Waals surface area (Å²) in [5.41, 5.74) is 3.60. The van der Waals surface area contributed by atoms with Crippen LogP contribution < -0.4 is 9.05 Å². The first kappa shape index (κ1) is 22.3. The van der Waals surface area contributed by atoms with E-state index in [0.29, 0.717) is 11.5 Å². The number of phenols is 2. The zero-order valence-electron chi connectivity index (χ0n) is 16.8. The van der Waals surface area contributed by atoms with Crippen molar-refractivity contribution < 1.29 is 28.7 Å². The highest BCUT2D eigenvalue weighted by Crippen LogP contribution is 2.46. The number of aromatic hydroxyl groups is 2. The third-order valence-corrected chi connectivity index (χ3v) is 5.22. The summed E-state index contributed by atoms with van der Waals surface area (Å²) in [5, 5.41) is 17.3. The van der Waals surface area contributed by atoms with Crippen molar-refractivity contribution in [2.24, 2.45) is 0 Å². The molecule has 0 amide bonds. The van der Waals surface area contributed by atoms with Crippen LogP contribution in [0.4, 0.5) is 0 Å². The average molecular weight is 416 g/mol. The lowest BCUT2D eigenvalue weighted by atomic mass is 10.1. The number of phenolic OH excluding ortho intramolecular Hbond substituents is 2. The number of aryl methyl sites for hydroxylation is 2. The molecule has 0 aliphatic heterocycles. The minimum Gasteiger partial charge on any atom is -0.508 e. The molecule has 0 radical (unpaired) electrons. The molecule has 3 aromatic rings. The van der Waals surface area contributed by atoms with Gasteiger partial charge in [0.1, 0.15) is 23.0 Å². The fraction of sp³-hybridized carbons (Fsp3) is 0.182. The van der Waals surface area contributed by atoms with Crippen molar-refractivity contribution in [1.29, 1.82) is 0 Å². The molecular formula is C22H25O6P. The highest BCUT2D eigenvalue weighted by atomic mass is 31.2. The Morgan fingerprint density at radius 1 is 0.690 bits per heavy atom. The lowest BCUT2D eigenvalue weighted by Crippen LogP contribution is -2.02. The third-order valence-electron chi connectivity index (χ3n) is 4.37. The van der Waals surface area contributed by atoms with Gasteiger partial charge in [-0.05, 0) is 74.2 Å². The van der Waals surface area contributed by atoms with Crippen molar-refractivity contribution in [1.82, 2.24) is 0 Å². The fourth-order valence-corrected chi connectivity index (χ4v) is 3.34. The van der Waals surface area contributed by atoms with Crippen LogP contribution in [0, 0.1) is 27.7 Å². The first-order chi connectivity index (χ1) is 13.6. The van der Waals surface area contributed by atoms with E-state index in [1.807, 2.05) is 39.8 Å². The second-order valence-electron chi connectivity index (χ2n) is 6.57. The van der Waals surface area contributed by atoms with Gasteiger partial charge >= 0.3 is 7.82 Å². The average Bonchev–Trinajstić information content (AvgIpc) is 2.63. The molecule has 0 spiro atoms. The number of phosphoric acid groups is 1. The molecule has 154 valence electrons. The molecule has 0 aliphatic rings. The van der Waals surface area contributed by atoms with E-state index in [2.05, 4.69) is 0 Å². The molecule has 3 N–H and O–H groups in total. The highest BCUT2D eigenvalue weighted by molar-refractivity contribution is 7.48. The van der Waals surface area contributed by atoms with Crippen LogP contribution in [0.1, 0.15) is 22.3 Å². The van der Waals surface area contributed by atoms with E-state index >= 15 is 0 Å². The summed E-state index contributed by atoms with van der Waals surface area (Å²) in [4.78, 5) is 9.96. The van der Waals surface area contributed by atoms with Crippen molar-refractivity contribution in [3.63, 3.8) is 0 Å². The molecule has 0 atom stereocenters. The number of rotatable bonds is 4. The van der Waals surface area contributed by atoms with E-state index in [0.717, 1.165) is 22.3 Å². The molecule has 0 saturated heterocycles. The monoisotopic (exact) mass is 416 g/mol. The minimum absolute atomic E-state index is 0.0880. The zero-order valence-corrected chi connectivity index (χ0v) is 17.7. The Hall–Kier alpha value is -2.95. The van der Waals surface area contributed by atoms with Crippen molar-refractivity contribution in [2.45, 2.75) is 27.7 Å². The standard InChI is InChI=1S/C16H19O4P.C6H6O2/c1-11-7-5-9-15(13(11)3)19-21(17,18)20-16-10-6-8-12(2)14(16)4;7-5-2-1-3-6(8)4-5/h5-10H,1-4H3,(H,17,18);1-4,7-8H. The molecule has 3 rings (SSSR count). The van der Waals surface area contributed by atoms with Crippen molar-refractivity contribution >= 4 is 7.82 Å². The van der Waals surface area contributed by atoms with E-state index < -0.39 is 7.82 Å². The van der Waals surface area contributed by atoms with Gasteiger partial charge in [-0.2, -0.15) is 0 Å². The molecule has 0 bridgehead atoms. The maximum atomic E-state index is 12.2. The number of benzene rings is 3. The molecule has 0 heterocycles. The van der Waals surface area contributed by atoms with Gasteiger partial charge in [0, 0.05) is 6.07 Å². The molecular weight excluding hydrogens is 391 g/mol. The van der Waals surface area contributed by atoms with Crippen LogP contribution in [0.25, 0.3) is 0 Å². The molecule has 7 heteroatoms. The van der Waals surface area contributed by atoms with E-state index in [1.165, 1.54) is 18.2 Å². The summed E-state index contributed by atoms with van der Waals surface area (Å²) in [5.74, 6) is 0.882. The van der Waals surface area contributed by atoms with Crippen molar-refractivity contribution in [3.8, 4) is 23.0 Å². The van der Waals surface area contributed by atoms with Crippen LogP contribution in [0.3, 0.4) is 0 Å². The number of hydrogen-bond acceptors (Lipinski definition) is 5. The summed E-state index contributed by atoms with van der Waals surface area (Å²) in [7, 11) is -4.23. The Balaban J connectivity index is 0.000000313. The Morgan fingerprint density at radius 3 is 1.41 bits per heavy atom. The molecule has 0 fully saturated rings. The normalized spacial score (nSPS) is 10.7. The maximum Gasteiger partial charge on any atom is 0.584 e. The lowest BCUT2D eigenvalue weighted by molar-refractivity contribution is 0.289. The third kappa shape index (κ3) is 6.56. The SMILES string of the molecule is Cc1cccc(OP(=O)(O)Oc2cccc(C)c2C)c1C.Oc1cccc(O)c1. The number of phosphoric ester groups is 1. The van der Waals surface area contributed by atoms with E-state index in [4.69, 9.17) is 19.3 Å². The predicted molar refractivity (Wildman–Crippen MR) is 113 cm³/mol. The van der Waals surface area contributed by atoms with Gasteiger partial charge in [0.2, 0.25) is 0 Å². The van der Waals surface area contributed by atoms with Gasteiger partial charge in [-0.15, -0.1) is 0 Å². The van der Waals surface area contributed by atoms with Gasteiger partial charge in [-0.1, -0.05) is 30.3 Å². The molecule has 0 unspecified atom stereocenters.